The fourth-order valence-corrected chi connectivity index (χ4v) is 6.49. The van der Waals surface area contributed by atoms with Crippen LogP contribution in [0, 0.1) is 0 Å². The van der Waals surface area contributed by atoms with Crippen LogP contribution < -0.4 is 0 Å². The molecule has 0 spiro atoms. The molecule has 1 aromatic heterocycles. The molecule has 6 rings (SSSR count). The van der Waals surface area contributed by atoms with Crippen LogP contribution in [0.15, 0.2) is 30.5 Å². The van der Waals surface area contributed by atoms with E-state index in [0.29, 0.717) is 51.1 Å². The lowest BCUT2D eigenvalue weighted by Gasteiger charge is -2.35. The molecule has 1 saturated carbocycles. The number of benzene rings is 1. The summed E-state index contributed by atoms with van der Waals surface area (Å²) < 4.78 is 42.7. The number of piperidine rings is 1. The van der Waals surface area contributed by atoms with Crippen molar-refractivity contribution in [3.8, 4) is 0 Å². The number of alkyl halides is 3. The number of hydrogen-bond acceptors (Lipinski definition) is 4. The Morgan fingerprint density at radius 1 is 0.846 bits per heavy atom. The first-order valence-electron chi connectivity index (χ1n) is 14.0. The van der Waals surface area contributed by atoms with Gasteiger partial charge in [-0.15, -0.1) is 0 Å². The highest BCUT2D eigenvalue weighted by Crippen LogP contribution is 2.44. The Labute approximate surface area is 225 Å². The number of aliphatic hydroxyl groups is 1. The number of carbonyl (C=O) groups is 2. The van der Waals surface area contributed by atoms with Crippen molar-refractivity contribution in [2.45, 2.75) is 68.7 Å². The maximum Gasteiger partial charge on any atom is 0.416 e. The van der Waals surface area contributed by atoms with Gasteiger partial charge in [0.15, 0.2) is 0 Å². The molecule has 210 valence electrons. The molecule has 1 N–H and O–H groups in total. The molecule has 39 heavy (non-hydrogen) atoms. The van der Waals surface area contributed by atoms with Crippen molar-refractivity contribution in [1.82, 2.24) is 24.5 Å². The van der Waals surface area contributed by atoms with Crippen LogP contribution in [0.4, 0.5) is 18.0 Å². The molecule has 1 aliphatic carbocycles. The van der Waals surface area contributed by atoms with E-state index in [1.807, 2.05) is 9.58 Å². The summed E-state index contributed by atoms with van der Waals surface area (Å²) in [6.07, 6.45) is 1.31. The molecule has 11 heteroatoms. The molecular weight excluding hydrogens is 511 g/mol. The lowest BCUT2D eigenvalue weighted by molar-refractivity contribution is -0.138. The zero-order valence-electron chi connectivity index (χ0n) is 21.8. The molecule has 4 heterocycles. The minimum atomic E-state index is -4.43. The summed E-state index contributed by atoms with van der Waals surface area (Å²) in [5, 5.41) is 14.4. The van der Waals surface area contributed by atoms with E-state index in [4.69, 9.17) is 0 Å². The molecule has 1 aromatic carbocycles. The molecule has 4 fully saturated rings. The fourth-order valence-electron chi connectivity index (χ4n) is 6.49. The summed E-state index contributed by atoms with van der Waals surface area (Å²) in [6, 6.07) is 5.72. The number of likely N-dealkylation sites (tertiary alicyclic amines) is 3. The summed E-state index contributed by atoms with van der Waals surface area (Å²) >= 11 is 0. The molecule has 4 aliphatic rings. The van der Waals surface area contributed by atoms with Gasteiger partial charge in [-0.3, -0.25) is 9.48 Å². The van der Waals surface area contributed by atoms with Gasteiger partial charge >= 0.3 is 12.2 Å². The van der Waals surface area contributed by atoms with E-state index in [1.165, 1.54) is 12.1 Å². The third-order valence-electron chi connectivity index (χ3n) is 8.72. The summed E-state index contributed by atoms with van der Waals surface area (Å²) in [7, 11) is 0. The average molecular weight is 546 g/mol. The van der Waals surface area contributed by atoms with Crippen LogP contribution in [0.25, 0.3) is 0 Å². The third-order valence-corrected chi connectivity index (χ3v) is 8.72. The normalized spacial score (nSPS) is 24.6. The quantitative estimate of drug-likeness (QED) is 0.624. The predicted molar refractivity (Wildman–Crippen MR) is 136 cm³/mol. The van der Waals surface area contributed by atoms with E-state index < -0.39 is 17.8 Å². The lowest BCUT2D eigenvalue weighted by Crippen LogP contribution is -2.46. The minimum Gasteiger partial charge on any atom is -0.391 e. The summed E-state index contributed by atoms with van der Waals surface area (Å²) in [5.41, 5.74) is 1.13. The summed E-state index contributed by atoms with van der Waals surface area (Å²) in [4.78, 5) is 31.7. The van der Waals surface area contributed by atoms with E-state index in [9.17, 15) is 27.9 Å². The van der Waals surface area contributed by atoms with E-state index >= 15 is 0 Å². The van der Waals surface area contributed by atoms with Gasteiger partial charge in [0.1, 0.15) is 0 Å². The van der Waals surface area contributed by atoms with Crippen LogP contribution in [0.1, 0.15) is 83.6 Å². The number of hydrogen-bond donors (Lipinski definition) is 1. The van der Waals surface area contributed by atoms with Crippen LogP contribution in [0.5, 0.6) is 0 Å². The van der Waals surface area contributed by atoms with E-state index in [2.05, 4.69) is 5.10 Å². The van der Waals surface area contributed by atoms with Gasteiger partial charge in [0.2, 0.25) is 0 Å². The van der Waals surface area contributed by atoms with Crippen LogP contribution >= 0.6 is 0 Å². The third kappa shape index (κ3) is 5.13. The van der Waals surface area contributed by atoms with Crippen LogP contribution in [0.3, 0.4) is 0 Å². The number of aromatic nitrogens is 2. The second kappa shape index (κ2) is 10.1. The molecule has 3 amide bonds. The molecule has 2 atom stereocenters. The SMILES string of the molecule is O=C(c1cnn(C2CCN(C(=O)N3CC[C@H](O)C3)CC2)c1C1CC1)N1CC[C@@H](c2ccccc2C(F)(F)F)C1. The van der Waals surface area contributed by atoms with Crippen molar-refractivity contribution < 1.29 is 27.9 Å². The van der Waals surface area contributed by atoms with Crippen molar-refractivity contribution >= 4 is 11.9 Å². The van der Waals surface area contributed by atoms with E-state index in [1.54, 1.807) is 22.1 Å². The molecule has 0 bridgehead atoms. The van der Waals surface area contributed by atoms with Crippen LogP contribution in [-0.2, 0) is 6.18 Å². The van der Waals surface area contributed by atoms with Crippen molar-refractivity contribution in [3.05, 3.63) is 52.8 Å². The average Bonchev–Trinajstić information content (AvgIpc) is 3.30. The monoisotopic (exact) mass is 545 g/mol. The first-order valence-corrected chi connectivity index (χ1v) is 14.0. The topological polar surface area (TPSA) is 81.9 Å². The van der Waals surface area contributed by atoms with Crippen molar-refractivity contribution in [1.29, 1.82) is 0 Å². The fraction of sp³-hybridized carbons (Fsp3) is 0.607. The first kappa shape index (κ1) is 26.2. The van der Waals surface area contributed by atoms with Crippen molar-refractivity contribution in [2.75, 3.05) is 39.3 Å². The van der Waals surface area contributed by atoms with Gasteiger partial charge in [0.25, 0.3) is 5.91 Å². The number of rotatable bonds is 4. The molecule has 3 aliphatic heterocycles. The Hall–Kier alpha value is -3.08. The number of amides is 3. The number of carbonyl (C=O) groups excluding carboxylic acids is 2. The molecule has 8 nitrogen and oxygen atoms in total. The zero-order chi connectivity index (χ0) is 27.3. The first-order chi connectivity index (χ1) is 18.7. The second-order valence-corrected chi connectivity index (χ2v) is 11.4. The smallest absolute Gasteiger partial charge is 0.391 e. The minimum absolute atomic E-state index is 0.0283. The van der Waals surface area contributed by atoms with Gasteiger partial charge in [-0.05, 0) is 50.2 Å². The Kier molecular flexibility index (Phi) is 6.81. The predicted octanol–water partition coefficient (Wildman–Crippen LogP) is 4.23. The lowest BCUT2D eigenvalue weighted by atomic mass is 9.93. The van der Waals surface area contributed by atoms with Crippen LogP contribution in [0.2, 0.25) is 0 Å². The van der Waals surface area contributed by atoms with Gasteiger partial charge in [0.05, 0.1) is 35.2 Å². The summed E-state index contributed by atoms with van der Waals surface area (Å²) in [5.74, 6) is -0.248. The molecule has 2 aromatic rings. The number of nitrogens with zero attached hydrogens (tertiary/aromatic N) is 5. The van der Waals surface area contributed by atoms with Crippen LogP contribution in [-0.4, -0.2) is 86.9 Å². The van der Waals surface area contributed by atoms with Gasteiger partial charge in [0, 0.05) is 51.1 Å². The highest BCUT2D eigenvalue weighted by atomic mass is 19.4. The Morgan fingerprint density at radius 3 is 2.21 bits per heavy atom. The number of aliphatic hydroxyl groups excluding tert-OH is 1. The molecule has 0 radical (unpaired) electrons. The largest absolute Gasteiger partial charge is 0.416 e. The van der Waals surface area contributed by atoms with Gasteiger partial charge in [-0.1, -0.05) is 18.2 Å². The number of β-amino-alcohol motifs (C(OH)–C–C–N with tert-alkyl or cyclic N) is 1. The van der Waals surface area contributed by atoms with Crippen molar-refractivity contribution in [3.63, 3.8) is 0 Å². The Balaban J connectivity index is 1.14. The van der Waals surface area contributed by atoms with Gasteiger partial charge < -0.3 is 19.8 Å². The zero-order valence-corrected chi connectivity index (χ0v) is 21.8. The summed E-state index contributed by atoms with van der Waals surface area (Å²) in [6.45, 7) is 2.82. The molecular formula is C28H34F3N5O3. The highest BCUT2D eigenvalue weighted by Gasteiger charge is 2.40. The van der Waals surface area contributed by atoms with E-state index in [-0.39, 0.29) is 41.9 Å². The Morgan fingerprint density at radius 2 is 1.54 bits per heavy atom. The standard InChI is InChI=1S/C28H34F3N5O3/c29-28(30,31)24-4-2-1-3-22(24)19-7-11-34(16-19)26(38)23-15-32-36(25(23)18-5-6-18)20-8-12-33(13-9-20)27(39)35-14-10-21(37)17-35/h1-4,15,18-21,37H,5-14,16-17H2/t19-,21+/m1/s1. The molecule has 3 saturated heterocycles. The highest BCUT2D eigenvalue weighted by molar-refractivity contribution is 5.95. The van der Waals surface area contributed by atoms with Gasteiger partial charge in [-0.25, -0.2) is 4.79 Å². The Bertz CT molecular complexity index is 1240. The maximum absolute atomic E-state index is 13.6. The van der Waals surface area contributed by atoms with Crippen molar-refractivity contribution in [2.24, 2.45) is 0 Å². The number of halogens is 3. The van der Waals surface area contributed by atoms with Gasteiger partial charge in [-0.2, -0.15) is 18.3 Å². The molecule has 0 unspecified atom stereocenters. The maximum atomic E-state index is 13.6. The number of urea groups is 1. The van der Waals surface area contributed by atoms with E-state index in [0.717, 1.165) is 37.4 Å². The second-order valence-electron chi connectivity index (χ2n) is 11.4.